The molecule has 0 bridgehead atoms. The van der Waals surface area contributed by atoms with E-state index in [1.807, 2.05) is 39.0 Å². The van der Waals surface area contributed by atoms with Crippen molar-refractivity contribution in [1.82, 2.24) is 0 Å². The van der Waals surface area contributed by atoms with E-state index < -0.39 is 5.60 Å². The molecule has 5 nitrogen and oxygen atoms in total. The Hall–Kier alpha value is -2.50. The Kier molecular flexibility index (Phi) is 7.54. The van der Waals surface area contributed by atoms with E-state index in [2.05, 4.69) is 23.6 Å². The van der Waals surface area contributed by atoms with Crippen LogP contribution in [0.3, 0.4) is 0 Å². The fraction of sp³-hybridized carbons (Fsp3) is 0.531. The van der Waals surface area contributed by atoms with Gasteiger partial charge >= 0.3 is 5.97 Å². The Morgan fingerprint density at radius 3 is 2.82 bits per heavy atom. The predicted molar refractivity (Wildman–Crippen MR) is 152 cm³/mol. The van der Waals surface area contributed by atoms with E-state index in [-0.39, 0.29) is 23.4 Å². The van der Waals surface area contributed by atoms with Crippen LogP contribution in [0.1, 0.15) is 74.4 Å². The molecule has 3 aliphatic rings. The first-order chi connectivity index (χ1) is 18.1. The van der Waals surface area contributed by atoms with Gasteiger partial charge in [0.25, 0.3) is 0 Å². The molecule has 1 N–H and O–H groups in total. The standard InChI is InChI=1S/C32H40ClNO4/c1-5-7-28(35)25-12-9-23(25)18-34-19-32(15-6-8-21-16-24(33)11-13-26(21)32)20-37-29-14-10-22(17-27(29)34)30(36)38-31(2,3)4/h5,10-11,13-14,16-17,23,25,28,35H,1,6-9,12,15,18-20H2,2-4H3/t23-,25+,28-,32?/m0/s1. The first-order valence-electron chi connectivity index (χ1n) is 13.9. The van der Waals surface area contributed by atoms with Crippen molar-refractivity contribution < 1.29 is 19.4 Å². The fourth-order valence-corrected chi connectivity index (χ4v) is 6.73. The Bertz CT molecular complexity index is 1200. The zero-order valence-electron chi connectivity index (χ0n) is 22.8. The van der Waals surface area contributed by atoms with Crippen LogP contribution in [0.2, 0.25) is 5.02 Å². The lowest BCUT2D eigenvalue weighted by atomic mass is 9.68. The summed E-state index contributed by atoms with van der Waals surface area (Å²) in [7, 11) is 0. The number of aryl methyl sites for hydroxylation is 1. The van der Waals surface area contributed by atoms with E-state index in [1.165, 1.54) is 11.1 Å². The van der Waals surface area contributed by atoms with Gasteiger partial charge in [-0.3, -0.25) is 0 Å². The Balaban J connectivity index is 1.52. The van der Waals surface area contributed by atoms with Gasteiger partial charge in [-0.25, -0.2) is 4.79 Å². The largest absolute Gasteiger partial charge is 0.490 e. The monoisotopic (exact) mass is 537 g/mol. The minimum Gasteiger partial charge on any atom is -0.490 e. The quantitative estimate of drug-likeness (QED) is 0.327. The maximum absolute atomic E-state index is 13.0. The predicted octanol–water partition coefficient (Wildman–Crippen LogP) is 6.73. The van der Waals surface area contributed by atoms with Crippen molar-refractivity contribution in [2.75, 3.05) is 24.6 Å². The van der Waals surface area contributed by atoms with Crippen molar-refractivity contribution in [2.45, 2.75) is 76.4 Å². The number of aliphatic hydroxyl groups is 1. The minimum atomic E-state index is -0.572. The molecule has 2 aromatic rings. The molecule has 0 aromatic heterocycles. The van der Waals surface area contributed by atoms with Crippen molar-refractivity contribution >= 4 is 23.3 Å². The number of carbonyl (C=O) groups is 1. The molecule has 2 aliphatic carbocycles. The van der Waals surface area contributed by atoms with Gasteiger partial charge in [0, 0.05) is 23.5 Å². The Labute approximate surface area is 231 Å². The summed E-state index contributed by atoms with van der Waals surface area (Å²) in [6.45, 7) is 11.6. The summed E-state index contributed by atoms with van der Waals surface area (Å²) in [5.41, 5.74) is 3.32. The van der Waals surface area contributed by atoms with E-state index in [0.717, 1.165) is 61.7 Å². The van der Waals surface area contributed by atoms with Gasteiger partial charge < -0.3 is 19.5 Å². The lowest BCUT2D eigenvalue weighted by molar-refractivity contribution is 0.00695. The SMILES string of the molecule is C=CC[C@H](O)[C@@H]1CC[C@H]1CN1CC2(CCCc3cc(Cl)ccc32)COc2ccc(C(=O)OC(C)(C)C)cc21. The lowest BCUT2D eigenvalue weighted by Crippen LogP contribution is -2.49. The molecule has 5 rings (SSSR count). The topological polar surface area (TPSA) is 59.0 Å². The van der Waals surface area contributed by atoms with Crippen molar-refractivity contribution in [3.63, 3.8) is 0 Å². The third-order valence-electron chi connectivity index (χ3n) is 8.51. The highest BCUT2D eigenvalue weighted by molar-refractivity contribution is 6.30. The first-order valence-corrected chi connectivity index (χ1v) is 14.3. The number of hydrogen-bond acceptors (Lipinski definition) is 5. The summed E-state index contributed by atoms with van der Waals surface area (Å²) in [4.78, 5) is 15.4. The average molecular weight is 538 g/mol. The number of hydrogen-bond donors (Lipinski definition) is 1. The van der Waals surface area contributed by atoms with E-state index in [4.69, 9.17) is 21.1 Å². The van der Waals surface area contributed by atoms with E-state index in [0.29, 0.717) is 24.5 Å². The third kappa shape index (κ3) is 5.46. The number of benzene rings is 2. The number of nitrogens with zero attached hydrogens (tertiary/aromatic N) is 1. The molecule has 4 atom stereocenters. The van der Waals surface area contributed by atoms with Gasteiger partial charge in [-0.05, 0) is 113 Å². The van der Waals surface area contributed by atoms with Crippen LogP contribution < -0.4 is 9.64 Å². The van der Waals surface area contributed by atoms with Crippen molar-refractivity contribution in [2.24, 2.45) is 11.8 Å². The molecule has 1 fully saturated rings. The van der Waals surface area contributed by atoms with Gasteiger partial charge in [0.1, 0.15) is 11.4 Å². The normalized spacial score (nSPS) is 25.3. The smallest absolute Gasteiger partial charge is 0.338 e. The van der Waals surface area contributed by atoms with Crippen LogP contribution in [0.15, 0.2) is 49.1 Å². The second-order valence-electron chi connectivity index (χ2n) is 12.4. The molecule has 1 spiro atoms. The maximum Gasteiger partial charge on any atom is 0.338 e. The van der Waals surface area contributed by atoms with Crippen molar-refractivity contribution in [3.05, 3.63) is 70.8 Å². The van der Waals surface area contributed by atoms with Gasteiger partial charge in [0.2, 0.25) is 0 Å². The van der Waals surface area contributed by atoms with Crippen molar-refractivity contribution in [1.29, 1.82) is 0 Å². The number of esters is 1. The summed E-state index contributed by atoms with van der Waals surface area (Å²) < 4.78 is 12.2. The molecular weight excluding hydrogens is 498 g/mol. The van der Waals surface area contributed by atoms with Crippen molar-refractivity contribution in [3.8, 4) is 5.75 Å². The molecule has 1 saturated carbocycles. The molecule has 0 saturated heterocycles. The Morgan fingerprint density at radius 2 is 2.11 bits per heavy atom. The second-order valence-corrected chi connectivity index (χ2v) is 12.8. The van der Waals surface area contributed by atoms with Gasteiger partial charge in [0.05, 0.1) is 24.0 Å². The number of anilines is 1. The van der Waals surface area contributed by atoms with Crippen LogP contribution in [0.25, 0.3) is 0 Å². The number of rotatable bonds is 6. The molecule has 38 heavy (non-hydrogen) atoms. The highest BCUT2D eigenvalue weighted by Crippen LogP contribution is 2.46. The zero-order chi connectivity index (χ0) is 27.1. The number of fused-ring (bicyclic) bond motifs is 3. The molecule has 1 unspecified atom stereocenters. The number of halogens is 1. The van der Waals surface area contributed by atoms with Crippen LogP contribution in [0.4, 0.5) is 5.69 Å². The van der Waals surface area contributed by atoms with Gasteiger partial charge in [0.15, 0.2) is 0 Å². The summed E-state index contributed by atoms with van der Waals surface area (Å²) in [6, 6.07) is 11.9. The van der Waals surface area contributed by atoms with E-state index in [9.17, 15) is 9.90 Å². The molecular formula is C32H40ClNO4. The summed E-state index contributed by atoms with van der Waals surface area (Å²) in [5, 5.41) is 11.5. The molecule has 204 valence electrons. The fourth-order valence-electron chi connectivity index (χ4n) is 6.53. The second kappa shape index (κ2) is 10.6. The average Bonchev–Trinajstić information content (AvgIpc) is 2.98. The number of ether oxygens (including phenoxy) is 2. The maximum atomic E-state index is 13.0. The van der Waals surface area contributed by atoms with Crippen LogP contribution in [-0.4, -0.2) is 42.5 Å². The molecule has 6 heteroatoms. The van der Waals surface area contributed by atoms with Crippen LogP contribution >= 0.6 is 11.6 Å². The third-order valence-corrected chi connectivity index (χ3v) is 8.74. The van der Waals surface area contributed by atoms with Gasteiger partial charge in [-0.1, -0.05) is 23.7 Å². The molecule has 0 radical (unpaired) electrons. The summed E-state index contributed by atoms with van der Waals surface area (Å²) in [6.07, 6.45) is 7.28. The van der Waals surface area contributed by atoms with Gasteiger partial charge in [-0.2, -0.15) is 0 Å². The number of aliphatic hydroxyl groups excluding tert-OH is 1. The Morgan fingerprint density at radius 1 is 1.29 bits per heavy atom. The lowest BCUT2D eigenvalue weighted by Gasteiger charge is -2.45. The highest BCUT2D eigenvalue weighted by Gasteiger charge is 2.44. The zero-order valence-corrected chi connectivity index (χ0v) is 23.6. The highest BCUT2D eigenvalue weighted by atomic mass is 35.5. The number of carbonyl (C=O) groups excluding carboxylic acids is 1. The summed E-state index contributed by atoms with van der Waals surface area (Å²) >= 11 is 6.38. The van der Waals surface area contributed by atoms with E-state index in [1.54, 1.807) is 12.1 Å². The van der Waals surface area contributed by atoms with Crippen LogP contribution in [-0.2, 0) is 16.6 Å². The first kappa shape index (κ1) is 27.1. The van der Waals surface area contributed by atoms with Crippen LogP contribution in [0.5, 0.6) is 5.75 Å². The molecule has 0 amide bonds. The molecule has 1 aliphatic heterocycles. The minimum absolute atomic E-state index is 0.178. The molecule has 1 heterocycles. The van der Waals surface area contributed by atoms with Gasteiger partial charge in [-0.15, -0.1) is 6.58 Å². The summed E-state index contributed by atoms with van der Waals surface area (Å²) in [5.74, 6) is 1.08. The van der Waals surface area contributed by atoms with E-state index >= 15 is 0 Å². The molecule has 2 aromatic carbocycles. The van der Waals surface area contributed by atoms with Crippen LogP contribution in [0, 0.1) is 11.8 Å².